The topological polar surface area (TPSA) is 64.3 Å². The SMILES string of the molecule is CCCOC(=O)c1ccc(Nc2cccc(Cl)c2)c(N)c1. The Morgan fingerprint density at radius 1 is 1.29 bits per heavy atom. The predicted octanol–water partition coefficient (Wildman–Crippen LogP) is 4.23. The molecule has 2 rings (SSSR count). The lowest BCUT2D eigenvalue weighted by atomic mass is 10.1. The summed E-state index contributed by atoms with van der Waals surface area (Å²) in [6.45, 7) is 2.35. The number of halogens is 1. The highest BCUT2D eigenvalue weighted by Gasteiger charge is 2.09. The van der Waals surface area contributed by atoms with Crippen LogP contribution < -0.4 is 11.1 Å². The third-order valence-electron chi connectivity index (χ3n) is 2.83. The standard InChI is InChI=1S/C16H17ClN2O2/c1-2-8-21-16(20)11-6-7-15(14(18)9-11)19-13-5-3-4-12(17)10-13/h3-7,9-10,19H,2,8,18H2,1H3. The third-order valence-corrected chi connectivity index (χ3v) is 3.06. The van der Waals surface area contributed by atoms with Gasteiger partial charge < -0.3 is 15.8 Å². The number of esters is 1. The quantitative estimate of drug-likeness (QED) is 0.641. The van der Waals surface area contributed by atoms with Crippen molar-refractivity contribution in [3.05, 3.63) is 53.1 Å². The molecular formula is C16H17ClN2O2. The summed E-state index contributed by atoms with van der Waals surface area (Å²) in [6, 6.07) is 12.4. The second-order valence-corrected chi connectivity index (χ2v) is 5.01. The van der Waals surface area contributed by atoms with Crippen molar-refractivity contribution in [2.24, 2.45) is 0 Å². The Kier molecular flexibility index (Phi) is 5.06. The molecule has 0 saturated carbocycles. The van der Waals surface area contributed by atoms with Crippen molar-refractivity contribution in [1.82, 2.24) is 0 Å². The van der Waals surface area contributed by atoms with Crippen LogP contribution in [0.25, 0.3) is 0 Å². The maximum Gasteiger partial charge on any atom is 0.338 e. The summed E-state index contributed by atoms with van der Waals surface area (Å²) in [4.78, 5) is 11.8. The van der Waals surface area contributed by atoms with Crippen LogP contribution in [0.4, 0.5) is 17.1 Å². The minimum Gasteiger partial charge on any atom is -0.462 e. The third kappa shape index (κ3) is 4.13. The Hall–Kier alpha value is -2.20. The Morgan fingerprint density at radius 2 is 2.10 bits per heavy atom. The number of benzene rings is 2. The summed E-state index contributed by atoms with van der Waals surface area (Å²) in [6.07, 6.45) is 0.787. The highest BCUT2D eigenvalue weighted by molar-refractivity contribution is 6.30. The molecule has 0 heterocycles. The largest absolute Gasteiger partial charge is 0.462 e. The Morgan fingerprint density at radius 3 is 2.76 bits per heavy atom. The molecule has 0 saturated heterocycles. The zero-order valence-corrected chi connectivity index (χ0v) is 12.5. The Bertz CT molecular complexity index is 644. The molecule has 2 aromatic rings. The second kappa shape index (κ2) is 6.99. The maximum absolute atomic E-state index is 11.8. The van der Waals surface area contributed by atoms with Crippen molar-refractivity contribution >= 4 is 34.6 Å². The van der Waals surface area contributed by atoms with Crippen LogP contribution in [0.3, 0.4) is 0 Å². The van der Waals surface area contributed by atoms with E-state index in [0.717, 1.165) is 12.1 Å². The number of carbonyl (C=O) groups is 1. The smallest absolute Gasteiger partial charge is 0.338 e. The van der Waals surface area contributed by atoms with Crippen molar-refractivity contribution in [3.8, 4) is 0 Å². The van der Waals surface area contributed by atoms with Gasteiger partial charge in [0.05, 0.1) is 23.5 Å². The van der Waals surface area contributed by atoms with Gasteiger partial charge in [-0.05, 0) is 42.8 Å². The fourth-order valence-electron chi connectivity index (χ4n) is 1.80. The van der Waals surface area contributed by atoms with Gasteiger partial charge in [-0.2, -0.15) is 0 Å². The highest BCUT2D eigenvalue weighted by Crippen LogP contribution is 2.26. The summed E-state index contributed by atoms with van der Waals surface area (Å²) >= 11 is 5.93. The zero-order chi connectivity index (χ0) is 15.2. The maximum atomic E-state index is 11.8. The lowest BCUT2D eigenvalue weighted by Crippen LogP contribution is -2.07. The molecule has 4 nitrogen and oxygen atoms in total. The fourth-order valence-corrected chi connectivity index (χ4v) is 1.99. The average Bonchev–Trinajstić information content (AvgIpc) is 2.47. The first-order valence-electron chi connectivity index (χ1n) is 6.69. The monoisotopic (exact) mass is 304 g/mol. The number of ether oxygens (including phenoxy) is 1. The number of hydrogen-bond donors (Lipinski definition) is 2. The zero-order valence-electron chi connectivity index (χ0n) is 11.7. The predicted molar refractivity (Wildman–Crippen MR) is 86.2 cm³/mol. The molecule has 0 radical (unpaired) electrons. The summed E-state index contributed by atoms with van der Waals surface area (Å²) < 4.78 is 5.07. The van der Waals surface area contributed by atoms with Gasteiger partial charge in [-0.3, -0.25) is 0 Å². The van der Waals surface area contributed by atoms with Gasteiger partial charge >= 0.3 is 5.97 Å². The van der Waals surface area contributed by atoms with E-state index in [1.807, 2.05) is 19.1 Å². The van der Waals surface area contributed by atoms with E-state index in [1.165, 1.54) is 0 Å². The first-order valence-corrected chi connectivity index (χ1v) is 7.07. The second-order valence-electron chi connectivity index (χ2n) is 4.57. The first-order chi connectivity index (χ1) is 10.1. The molecule has 0 aromatic heterocycles. The molecule has 0 aliphatic rings. The van der Waals surface area contributed by atoms with Crippen molar-refractivity contribution in [2.75, 3.05) is 17.7 Å². The van der Waals surface area contributed by atoms with Gasteiger partial charge in [0, 0.05) is 10.7 Å². The van der Waals surface area contributed by atoms with Crippen LogP contribution in [-0.2, 0) is 4.74 Å². The van der Waals surface area contributed by atoms with Crippen LogP contribution in [0.2, 0.25) is 5.02 Å². The highest BCUT2D eigenvalue weighted by atomic mass is 35.5. The van der Waals surface area contributed by atoms with Gasteiger partial charge in [-0.1, -0.05) is 24.6 Å². The number of hydrogen-bond acceptors (Lipinski definition) is 4. The van der Waals surface area contributed by atoms with Crippen LogP contribution in [0.15, 0.2) is 42.5 Å². The molecule has 0 atom stereocenters. The van der Waals surface area contributed by atoms with Gasteiger partial charge in [0.25, 0.3) is 0 Å². The number of carbonyl (C=O) groups excluding carboxylic acids is 1. The van der Waals surface area contributed by atoms with E-state index in [2.05, 4.69) is 5.32 Å². The van der Waals surface area contributed by atoms with Gasteiger partial charge in [0.15, 0.2) is 0 Å². The van der Waals surface area contributed by atoms with E-state index in [-0.39, 0.29) is 5.97 Å². The molecule has 0 aliphatic heterocycles. The molecule has 0 unspecified atom stereocenters. The lowest BCUT2D eigenvalue weighted by Gasteiger charge is -2.11. The average molecular weight is 305 g/mol. The van der Waals surface area contributed by atoms with E-state index in [9.17, 15) is 4.79 Å². The van der Waals surface area contributed by atoms with Crippen LogP contribution in [0.1, 0.15) is 23.7 Å². The van der Waals surface area contributed by atoms with Gasteiger partial charge in [-0.25, -0.2) is 4.79 Å². The van der Waals surface area contributed by atoms with Crippen LogP contribution >= 0.6 is 11.6 Å². The first kappa shape index (κ1) is 15.2. The molecule has 110 valence electrons. The summed E-state index contributed by atoms with van der Waals surface area (Å²) in [5, 5.41) is 3.80. The molecule has 5 heteroatoms. The van der Waals surface area contributed by atoms with Gasteiger partial charge in [-0.15, -0.1) is 0 Å². The Labute approximate surface area is 128 Å². The summed E-state index contributed by atoms with van der Waals surface area (Å²) in [5.74, 6) is -0.363. The summed E-state index contributed by atoms with van der Waals surface area (Å²) in [5.41, 5.74) is 8.43. The van der Waals surface area contributed by atoms with Crippen molar-refractivity contribution in [3.63, 3.8) is 0 Å². The van der Waals surface area contributed by atoms with E-state index >= 15 is 0 Å². The van der Waals surface area contributed by atoms with E-state index in [1.54, 1.807) is 30.3 Å². The fraction of sp³-hybridized carbons (Fsp3) is 0.188. The molecule has 21 heavy (non-hydrogen) atoms. The molecule has 3 N–H and O–H groups in total. The minimum atomic E-state index is -0.363. The van der Waals surface area contributed by atoms with Crippen LogP contribution in [0.5, 0.6) is 0 Å². The van der Waals surface area contributed by atoms with Gasteiger partial charge in [0.1, 0.15) is 0 Å². The Balaban J connectivity index is 2.14. The van der Waals surface area contributed by atoms with E-state index in [4.69, 9.17) is 22.1 Å². The van der Waals surface area contributed by atoms with E-state index < -0.39 is 0 Å². The lowest BCUT2D eigenvalue weighted by molar-refractivity contribution is 0.0505. The van der Waals surface area contributed by atoms with Gasteiger partial charge in [0.2, 0.25) is 0 Å². The van der Waals surface area contributed by atoms with Crippen LogP contribution in [-0.4, -0.2) is 12.6 Å². The van der Waals surface area contributed by atoms with Crippen molar-refractivity contribution in [2.45, 2.75) is 13.3 Å². The normalized spacial score (nSPS) is 10.2. The van der Waals surface area contributed by atoms with Crippen molar-refractivity contribution in [1.29, 1.82) is 0 Å². The minimum absolute atomic E-state index is 0.363. The number of nitrogens with two attached hydrogens (primary N) is 1. The molecule has 0 fully saturated rings. The number of rotatable bonds is 5. The molecule has 0 aliphatic carbocycles. The molecule has 0 bridgehead atoms. The number of nitrogen functional groups attached to an aromatic ring is 1. The molecule has 2 aromatic carbocycles. The molecule has 0 spiro atoms. The number of anilines is 3. The number of nitrogens with one attached hydrogen (secondary N) is 1. The van der Waals surface area contributed by atoms with Crippen LogP contribution in [0, 0.1) is 0 Å². The van der Waals surface area contributed by atoms with E-state index in [0.29, 0.717) is 28.6 Å². The summed E-state index contributed by atoms with van der Waals surface area (Å²) in [7, 11) is 0. The van der Waals surface area contributed by atoms with Crippen molar-refractivity contribution < 1.29 is 9.53 Å². The molecular weight excluding hydrogens is 288 g/mol. The molecule has 0 amide bonds.